The van der Waals surface area contributed by atoms with Crippen molar-refractivity contribution in [1.29, 1.82) is 0 Å². The zero-order chi connectivity index (χ0) is 20.6. The summed E-state index contributed by atoms with van der Waals surface area (Å²) in [7, 11) is 0. The highest BCUT2D eigenvalue weighted by Crippen LogP contribution is 2.34. The largest absolute Gasteiger partial charge is 0.423 e. The molecule has 2 nitrogen and oxygen atoms in total. The Morgan fingerprint density at radius 1 is 1.03 bits per heavy atom. The molecule has 0 saturated heterocycles. The molecule has 29 heavy (non-hydrogen) atoms. The SMILES string of the molecule is CCC(CC)CCC1CC=C(c2ccc(C(=O)Oc3ccc(C)cc3)cc2)CC1. The molecule has 0 heterocycles. The van der Waals surface area contributed by atoms with E-state index in [4.69, 9.17) is 4.74 Å². The highest BCUT2D eigenvalue weighted by molar-refractivity contribution is 5.91. The van der Waals surface area contributed by atoms with Gasteiger partial charge in [-0.3, -0.25) is 0 Å². The number of allylic oxidation sites excluding steroid dienone is 2. The van der Waals surface area contributed by atoms with Gasteiger partial charge in [-0.15, -0.1) is 0 Å². The van der Waals surface area contributed by atoms with Crippen molar-refractivity contribution in [1.82, 2.24) is 0 Å². The molecular formula is C27H34O2. The Labute approximate surface area is 176 Å². The molecule has 1 unspecified atom stereocenters. The van der Waals surface area contributed by atoms with Crippen LogP contribution in [0, 0.1) is 18.8 Å². The van der Waals surface area contributed by atoms with Gasteiger partial charge in [0.05, 0.1) is 5.56 Å². The van der Waals surface area contributed by atoms with E-state index < -0.39 is 0 Å². The number of hydrogen-bond acceptors (Lipinski definition) is 2. The Bertz CT molecular complexity index is 811. The summed E-state index contributed by atoms with van der Waals surface area (Å²) in [5.41, 5.74) is 4.39. The fourth-order valence-electron chi connectivity index (χ4n) is 4.17. The molecule has 0 aromatic heterocycles. The summed E-state index contributed by atoms with van der Waals surface area (Å²) in [6.07, 6.45) is 11.4. The number of hydrogen-bond donors (Lipinski definition) is 0. The lowest BCUT2D eigenvalue weighted by molar-refractivity contribution is 0.0734. The van der Waals surface area contributed by atoms with Crippen molar-refractivity contribution in [2.75, 3.05) is 0 Å². The Hall–Kier alpha value is -2.35. The maximum atomic E-state index is 12.4. The van der Waals surface area contributed by atoms with E-state index in [9.17, 15) is 4.79 Å². The molecular weight excluding hydrogens is 356 g/mol. The Balaban J connectivity index is 1.54. The minimum atomic E-state index is -0.306. The molecule has 2 heteroatoms. The quantitative estimate of drug-likeness (QED) is 0.342. The first-order chi connectivity index (χ1) is 14.1. The molecule has 0 saturated carbocycles. The first kappa shape index (κ1) is 21.4. The number of rotatable bonds is 8. The van der Waals surface area contributed by atoms with Crippen molar-refractivity contribution in [3.8, 4) is 5.75 Å². The van der Waals surface area contributed by atoms with Crippen LogP contribution < -0.4 is 4.74 Å². The summed E-state index contributed by atoms with van der Waals surface area (Å²) in [5.74, 6) is 2.01. The molecule has 3 rings (SSSR count). The second kappa shape index (κ2) is 10.4. The number of ether oxygens (including phenoxy) is 1. The number of carbonyl (C=O) groups excluding carboxylic acids is 1. The van der Waals surface area contributed by atoms with E-state index in [0.29, 0.717) is 11.3 Å². The molecule has 1 aliphatic rings. The Morgan fingerprint density at radius 3 is 2.31 bits per heavy atom. The second-order valence-corrected chi connectivity index (χ2v) is 8.41. The van der Waals surface area contributed by atoms with Crippen molar-refractivity contribution in [3.63, 3.8) is 0 Å². The third kappa shape index (κ3) is 6.06. The van der Waals surface area contributed by atoms with Gasteiger partial charge >= 0.3 is 5.97 Å². The normalized spacial score (nSPS) is 16.6. The third-order valence-electron chi connectivity index (χ3n) is 6.38. The summed E-state index contributed by atoms with van der Waals surface area (Å²) in [5, 5.41) is 0. The maximum absolute atomic E-state index is 12.4. The predicted molar refractivity (Wildman–Crippen MR) is 121 cm³/mol. The van der Waals surface area contributed by atoms with E-state index in [1.165, 1.54) is 49.7 Å². The third-order valence-corrected chi connectivity index (χ3v) is 6.38. The van der Waals surface area contributed by atoms with Crippen LogP contribution >= 0.6 is 0 Å². The lowest BCUT2D eigenvalue weighted by Gasteiger charge is -2.24. The van der Waals surface area contributed by atoms with Gasteiger partial charge in [-0.1, -0.05) is 69.0 Å². The molecule has 2 aromatic carbocycles. The molecule has 0 N–H and O–H groups in total. The molecule has 0 aliphatic heterocycles. The smallest absolute Gasteiger partial charge is 0.343 e. The molecule has 1 aliphatic carbocycles. The first-order valence-corrected chi connectivity index (χ1v) is 11.2. The van der Waals surface area contributed by atoms with Crippen LogP contribution in [0.4, 0.5) is 0 Å². The van der Waals surface area contributed by atoms with Crippen LogP contribution in [0.3, 0.4) is 0 Å². The molecule has 0 amide bonds. The minimum absolute atomic E-state index is 0.306. The van der Waals surface area contributed by atoms with E-state index in [0.717, 1.165) is 23.8 Å². The number of esters is 1. The van der Waals surface area contributed by atoms with Gasteiger partial charge in [-0.2, -0.15) is 0 Å². The van der Waals surface area contributed by atoms with E-state index >= 15 is 0 Å². The monoisotopic (exact) mass is 390 g/mol. The standard InChI is InChI=1S/C27H34O2/c1-4-21(5-2)8-9-22-10-12-23(13-11-22)24-14-16-25(17-15-24)27(28)29-26-18-6-20(3)7-19-26/h6-7,12,14-19,21-22H,4-5,8-11,13H2,1-3H3. The summed E-state index contributed by atoms with van der Waals surface area (Å²) < 4.78 is 5.47. The first-order valence-electron chi connectivity index (χ1n) is 11.2. The highest BCUT2D eigenvalue weighted by Gasteiger charge is 2.17. The van der Waals surface area contributed by atoms with Crippen molar-refractivity contribution in [2.45, 2.75) is 65.7 Å². The van der Waals surface area contributed by atoms with E-state index in [2.05, 4.69) is 32.1 Å². The average Bonchev–Trinajstić information content (AvgIpc) is 2.76. The molecule has 2 aromatic rings. The van der Waals surface area contributed by atoms with Crippen LogP contribution in [-0.2, 0) is 0 Å². The van der Waals surface area contributed by atoms with Crippen LogP contribution in [0.2, 0.25) is 0 Å². The Morgan fingerprint density at radius 2 is 1.72 bits per heavy atom. The van der Waals surface area contributed by atoms with Crippen molar-refractivity contribution in [2.24, 2.45) is 11.8 Å². The van der Waals surface area contributed by atoms with Gasteiger partial charge in [0.15, 0.2) is 0 Å². The van der Waals surface area contributed by atoms with Crippen LogP contribution in [0.1, 0.15) is 80.3 Å². The zero-order valence-electron chi connectivity index (χ0n) is 18.1. The topological polar surface area (TPSA) is 26.3 Å². The van der Waals surface area contributed by atoms with Crippen molar-refractivity contribution < 1.29 is 9.53 Å². The van der Waals surface area contributed by atoms with Crippen LogP contribution in [0.25, 0.3) is 5.57 Å². The van der Waals surface area contributed by atoms with Crippen LogP contribution in [-0.4, -0.2) is 5.97 Å². The molecule has 154 valence electrons. The van der Waals surface area contributed by atoms with Crippen LogP contribution in [0.15, 0.2) is 54.6 Å². The maximum Gasteiger partial charge on any atom is 0.343 e. The van der Waals surface area contributed by atoms with Crippen LogP contribution in [0.5, 0.6) is 5.75 Å². The number of benzene rings is 2. The summed E-state index contributed by atoms with van der Waals surface area (Å²) in [4.78, 5) is 12.4. The second-order valence-electron chi connectivity index (χ2n) is 8.41. The number of carbonyl (C=O) groups is 1. The lowest BCUT2D eigenvalue weighted by Crippen LogP contribution is -2.09. The predicted octanol–water partition coefficient (Wildman–Crippen LogP) is 7.61. The van der Waals surface area contributed by atoms with E-state index in [1.807, 2.05) is 43.3 Å². The summed E-state index contributed by atoms with van der Waals surface area (Å²) >= 11 is 0. The van der Waals surface area contributed by atoms with E-state index in [-0.39, 0.29) is 5.97 Å². The lowest BCUT2D eigenvalue weighted by atomic mass is 9.82. The van der Waals surface area contributed by atoms with Gasteiger partial charge < -0.3 is 4.74 Å². The fraction of sp³-hybridized carbons (Fsp3) is 0.444. The van der Waals surface area contributed by atoms with Gasteiger partial charge in [-0.05, 0) is 79.8 Å². The molecule has 0 radical (unpaired) electrons. The Kier molecular flexibility index (Phi) is 7.69. The van der Waals surface area contributed by atoms with Gasteiger partial charge in [0, 0.05) is 0 Å². The minimum Gasteiger partial charge on any atom is -0.423 e. The molecule has 0 bridgehead atoms. The average molecular weight is 391 g/mol. The summed E-state index contributed by atoms with van der Waals surface area (Å²) in [6, 6.07) is 15.4. The molecule has 0 spiro atoms. The summed E-state index contributed by atoms with van der Waals surface area (Å²) in [6.45, 7) is 6.64. The zero-order valence-corrected chi connectivity index (χ0v) is 18.1. The van der Waals surface area contributed by atoms with Crippen molar-refractivity contribution in [3.05, 3.63) is 71.3 Å². The molecule has 0 fully saturated rings. The van der Waals surface area contributed by atoms with E-state index in [1.54, 1.807) is 0 Å². The fourth-order valence-corrected chi connectivity index (χ4v) is 4.17. The van der Waals surface area contributed by atoms with Gasteiger partial charge in [0.25, 0.3) is 0 Å². The van der Waals surface area contributed by atoms with Gasteiger partial charge in [-0.25, -0.2) is 4.79 Å². The van der Waals surface area contributed by atoms with Crippen molar-refractivity contribution >= 4 is 11.5 Å². The molecule has 1 atom stereocenters. The van der Waals surface area contributed by atoms with Gasteiger partial charge in [0.2, 0.25) is 0 Å². The highest BCUT2D eigenvalue weighted by atomic mass is 16.5. The van der Waals surface area contributed by atoms with Gasteiger partial charge in [0.1, 0.15) is 5.75 Å². The number of aryl methyl sites for hydroxylation is 1.